The predicted molar refractivity (Wildman–Crippen MR) is 138 cm³/mol. The highest BCUT2D eigenvalue weighted by Crippen LogP contribution is 2.33. The maximum atomic E-state index is 13.8. The normalized spacial score (nSPS) is 15.6. The molecular weight excluding hydrogens is 490 g/mol. The van der Waals surface area contributed by atoms with Crippen molar-refractivity contribution in [3.63, 3.8) is 0 Å². The van der Waals surface area contributed by atoms with Crippen molar-refractivity contribution in [2.75, 3.05) is 18.9 Å². The average Bonchev–Trinajstić information content (AvgIpc) is 3.53. The zero-order valence-electron chi connectivity index (χ0n) is 18.2. The molecule has 3 heterocycles. The molecule has 1 amide bonds. The molecule has 6 nitrogen and oxygen atoms in total. The highest BCUT2D eigenvalue weighted by atomic mass is 35.5. The number of aromatic nitrogens is 2. The van der Waals surface area contributed by atoms with Gasteiger partial charge < -0.3 is 10.1 Å². The number of thioether (sulfide) groups is 1. The number of carbonyl (C=O) groups excluding carboxylic acids is 1. The summed E-state index contributed by atoms with van der Waals surface area (Å²) in [6.07, 6.45) is 2.08. The third-order valence-electron chi connectivity index (χ3n) is 5.63. The predicted octanol–water partition coefficient (Wildman–Crippen LogP) is 5.15. The lowest BCUT2D eigenvalue weighted by molar-refractivity contribution is -0.119. The number of hydrogen-bond donors (Lipinski definition) is 1. The molecule has 1 atom stereocenters. The molecule has 1 aliphatic rings. The van der Waals surface area contributed by atoms with Crippen LogP contribution in [-0.2, 0) is 9.53 Å². The molecule has 4 aromatic rings. The van der Waals surface area contributed by atoms with Crippen LogP contribution >= 0.6 is 34.7 Å². The van der Waals surface area contributed by atoms with E-state index in [1.54, 1.807) is 4.57 Å². The Balaban J connectivity index is 1.49. The van der Waals surface area contributed by atoms with E-state index in [9.17, 15) is 9.59 Å². The summed E-state index contributed by atoms with van der Waals surface area (Å²) in [5.74, 6) is 0.0508. The maximum Gasteiger partial charge on any atom is 0.268 e. The average molecular weight is 512 g/mol. The number of rotatable bonds is 7. The number of nitrogens with zero attached hydrogens (tertiary/aromatic N) is 2. The van der Waals surface area contributed by atoms with Crippen molar-refractivity contribution in [3.05, 3.63) is 75.4 Å². The van der Waals surface area contributed by atoms with Gasteiger partial charge in [0.15, 0.2) is 5.16 Å². The van der Waals surface area contributed by atoms with Crippen LogP contribution in [0.25, 0.3) is 27.0 Å². The number of halogens is 1. The van der Waals surface area contributed by atoms with Crippen molar-refractivity contribution in [2.24, 2.45) is 0 Å². The molecule has 2 aromatic carbocycles. The Kier molecular flexibility index (Phi) is 7.01. The first-order chi connectivity index (χ1) is 16.6. The number of amides is 1. The number of benzene rings is 2. The monoisotopic (exact) mass is 511 g/mol. The van der Waals surface area contributed by atoms with Crippen LogP contribution in [0.4, 0.5) is 0 Å². The van der Waals surface area contributed by atoms with Crippen molar-refractivity contribution in [1.82, 2.24) is 14.9 Å². The Morgan fingerprint density at radius 1 is 1.21 bits per heavy atom. The summed E-state index contributed by atoms with van der Waals surface area (Å²) in [7, 11) is 0. The van der Waals surface area contributed by atoms with E-state index in [-0.39, 0.29) is 23.3 Å². The lowest BCUT2D eigenvalue weighted by Crippen LogP contribution is -2.33. The number of hydrogen-bond acceptors (Lipinski definition) is 6. The van der Waals surface area contributed by atoms with Gasteiger partial charge in [-0.05, 0) is 42.7 Å². The van der Waals surface area contributed by atoms with Gasteiger partial charge >= 0.3 is 0 Å². The third kappa shape index (κ3) is 4.90. The lowest BCUT2D eigenvalue weighted by Gasteiger charge is -2.13. The largest absolute Gasteiger partial charge is 0.376 e. The Morgan fingerprint density at radius 2 is 2.00 bits per heavy atom. The number of thiophene rings is 1. The molecule has 0 aliphatic carbocycles. The molecule has 1 fully saturated rings. The second-order valence-corrected chi connectivity index (χ2v) is 10.2. The summed E-state index contributed by atoms with van der Waals surface area (Å²) in [6.45, 7) is 1.26. The van der Waals surface area contributed by atoms with Gasteiger partial charge in [0.05, 0.1) is 22.9 Å². The first-order valence-electron chi connectivity index (χ1n) is 11.0. The molecule has 9 heteroatoms. The van der Waals surface area contributed by atoms with Gasteiger partial charge in [-0.2, -0.15) is 0 Å². The lowest BCUT2D eigenvalue weighted by atomic mass is 10.1. The minimum atomic E-state index is -0.162. The fourth-order valence-electron chi connectivity index (χ4n) is 3.93. The molecule has 0 saturated carbocycles. The van der Waals surface area contributed by atoms with Gasteiger partial charge in [0.2, 0.25) is 5.91 Å². The number of ether oxygens (including phenoxy) is 1. The maximum absolute atomic E-state index is 13.8. The molecule has 2 aromatic heterocycles. The molecule has 0 unspecified atom stereocenters. The van der Waals surface area contributed by atoms with Crippen molar-refractivity contribution >= 4 is 50.8 Å². The van der Waals surface area contributed by atoms with Crippen LogP contribution in [0.15, 0.2) is 69.9 Å². The van der Waals surface area contributed by atoms with Crippen LogP contribution in [0, 0.1) is 0 Å². The van der Waals surface area contributed by atoms with E-state index in [1.165, 1.54) is 23.1 Å². The van der Waals surface area contributed by atoms with Gasteiger partial charge in [-0.3, -0.25) is 14.2 Å². The smallest absolute Gasteiger partial charge is 0.268 e. The van der Waals surface area contributed by atoms with E-state index in [1.807, 2.05) is 60.0 Å². The minimum absolute atomic E-state index is 0.0864. The minimum Gasteiger partial charge on any atom is -0.376 e. The van der Waals surface area contributed by atoms with Crippen LogP contribution in [0.1, 0.15) is 12.8 Å². The molecule has 34 heavy (non-hydrogen) atoms. The van der Waals surface area contributed by atoms with Crippen molar-refractivity contribution < 1.29 is 9.53 Å². The van der Waals surface area contributed by atoms with Crippen LogP contribution in [0.3, 0.4) is 0 Å². The number of carbonyl (C=O) groups is 1. The zero-order chi connectivity index (χ0) is 23.5. The van der Waals surface area contributed by atoms with Crippen molar-refractivity contribution in [1.29, 1.82) is 0 Å². The van der Waals surface area contributed by atoms with E-state index in [4.69, 9.17) is 21.3 Å². The standard InChI is InChI=1S/C25H22ClN3O3S2/c26-17-10-8-16(9-11-17)20-14-33-23-22(20)24(31)29(18-5-2-1-3-6-18)25(28-23)34-15-21(30)27-13-19-7-4-12-32-19/h1-3,5-6,8-11,14,19H,4,7,12-13,15H2,(H,27,30)/t19-/m0/s1. The van der Waals surface area contributed by atoms with Gasteiger partial charge in [0, 0.05) is 29.1 Å². The Bertz CT molecular complexity index is 1360. The fraction of sp³-hybridized carbons (Fsp3) is 0.240. The van der Waals surface area contributed by atoms with Crippen molar-refractivity contribution in [3.8, 4) is 16.8 Å². The van der Waals surface area contributed by atoms with E-state index < -0.39 is 0 Å². The molecule has 1 aliphatic heterocycles. The van der Waals surface area contributed by atoms with Crippen LogP contribution in [0.5, 0.6) is 0 Å². The van der Waals surface area contributed by atoms with Gasteiger partial charge in [-0.1, -0.05) is 53.7 Å². The summed E-state index contributed by atoms with van der Waals surface area (Å²) in [6, 6.07) is 16.8. The van der Waals surface area contributed by atoms with Gasteiger partial charge in [0.1, 0.15) is 4.83 Å². The van der Waals surface area contributed by atoms with Gasteiger partial charge in [-0.15, -0.1) is 11.3 Å². The second-order valence-electron chi connectivity index (χ2n) is 7.93. The van der Waals surface area contributed by atoms with Gasteiger partial charge in [0.25, 0.3) is 5.56 Å². The number of para-hydroxylation sites is 1. The quantitative estimate of drug-likeness (QED) is 0.274. The van der Waals surface area contributed by atoms with Crippen molar-refractivity contribution in [2.45, 2.75) is 24.1 Å². The Hall–Kier alpha value is -2.65. The summed E-state index contributed by atoms with van der Waals surface area (Å²) < 4.78 is 7.16. The fourth-order valence-corrected chi connectivity index (χ4v) is 5.89. The van der Waals surface area contributed by atoms with Crippen LogP contribution in [0.2, 0.25) is 5.02 Å². The highest BCUT2D eigenvalue weighted by molar-refractivity contribution is 7.99. The zero-order valence-corrected chi connectivity index (χ0v) is 20.6. The molecule has 0 spiro atoms. The Morgan fingerprint density at radius 3 is 2.74 bits per heavy atom. The number of nitrogens with one attached hydrogen (secondary N) is 1. The molecule has 0 radical (unpaired) electrons. The molecule has 1 saturated heterocycles. The summed E-state index contributed by atoms with van der Waals surface area (Å²) in [5.41, 5.74) is 2.27. The van der Waals surface area contributed by atoms with E-state index in [0.29, 0.717) is 32.6 Å². The molecule has 5 rings (SSSR count). The topological polar surface area (TPSA) is 73.2 Å². The first kappa shape index (κ1) is 23.1. The van der Waals surface area contributed by atoms with E-state index in [2.05, 4.69) is 5.32 Å². The highest BCUT2D eigenvalue weighted by Gasteiger charge is 2.20. The van der Waals surface area contributed by atoms with E-state index in [0.717, 1.165) is 30.6 Å². The SMILES string of the molecule is O=C(CSc1nc2scc(-c3ccc(Cl)cc3)c2c(=O)n1-c1ccccc1)NC[C@@H]1CCCO1. The summed E-state index contributed by atoms with van der Waals surface area (Å²) in [5, 5.41) is 6.56. The molecular formula is C25H22ClN3O3S2. The molecule has 0 bridgehead atoms. The van der Waals surface area contributed by atoms with Crippen LogP contribution < -0.4 is 10.9 Å². The number of fused-ring (bicyclic) bond motifs is 1. The van der Waals surface area contributed by atoms with Crippen LogP contribution in [-0.4, -0.2) is 40.5 Å². The molecule has 1 N–H and O–H groups in total. The van der Waals surface area contributed by atoms with Gasteiger partial charge in [-0.25, -0.2) is 4.98 Å². The third-order valence-corrected chi connectivity index (χ3v) is 7.69. The first-order valence-corrected chi connectivity index (χ1v) is 13.2. The second kappa shape index (κ2) is 10.3. The Labute approximate surface area is 209 Å². The summed E-state index contributed by atoms with van der Waals surface area (Å²) >= 11 is 8.73. The van der Waals surface area contributed by atoms with E-state index >= 15 is 0 Å². The summed E-state index contributed by atoms with van der Waals surface area (Å²) in [4.78, 5) is 31.7. The molecule has 174 valence electrons.